The molecule has 0 spiro atoms. The molecule has 0 bridgehead atoms. The molecule has 1 aliphatic heterocycles. The number of nitrogens with zero attached hydrogens (tertiary/aromatic N) is 2. The summed E-state index contributed by atoms with van der Waals surface area (Å²) in [6, 6.07) is 12.8. The molecule has 0 saturated carbocycles. The molecule has 0 unspecified atom stereocenters. The van der Waals surface area contributed by atoms with Gasteiger partial charge in [0.05, 0.1) is 19.5 Å². The van der Waals surface area contributed by atoms with Crippen molar-refractivity contribution in [3.05, 3.63) is 54.0 Å². The molecule has 0 aliphatic carbocycles. The number of nitriles is 1. The quantitative estimate of drug-likeness (QED) is 0.691. The number of amides is 1. The summed E-state index contributed by atoms with van der Waals surface area (Å²) in [4.78, 5) is 14.4. The van der Waals surface area contributed by atoms with Gasteiger partial charge in [0.1, 0.15) is 17.4 Å². The minimum Gasteiger partial charge on any atom is -0.465 e. The lowest BCUT2D eigenvalue weighted by Gasteiger charge is -2.28. The van der Waals surface area contributed by atoms with Crippen molar-refractivity contribution in [1.29, 1.82) is 5.26 Å². The minimum absolute atomic E-state index is 0.0118. The highest BCUT2D eigenvalue weighted by atomic mass is 16.5. The van der Waals surface area contributed by atoms with E-state index in [2.05, 4.69) is 10.2 Å². The number of rotatable bonds is 4. The predicted octanol–water partition coefficient (Wildman–Crippen LogP) is 2.66. The molecule has 122 valence electrons. The number of carbonyl (C=O) groups is 1. The van der Waals surface area contributed by atoms with Crippen LogP contribution in [0.3, 0.4) is 0 Å². The molecular weight excluding hydrogens is 306 g/mol. The first-order chi connectivity index (χ1) is 11.8. The second-order valence-corrected chi connectivity index (χ2v) is 5.29. The van der Waals surface area contributed by atoms with E-state index in [4.69, 9.17) is 14.4 Å². The van der Waals surface area contributed by atoms with E-state index >= 15 is 0 Å². The summed E-state index contributed by atoms with van der Waals surface area (Å²) < 4.78 is 10.5. The van der Waals surface area contributed by atoms with Crippen LogP contribution in [0.25, 0.3) is 6.08 Å². The van der Waals surface area contributed by atoms with Crippen molar-refractivity contribution in [2.24, 2.45) is 0 Å². The van der Waals surface area contributed by atoms with Gasteiger partial charge >= 0.3 is 0 Å². The van der Waals surface area contributed by atoms with Crippen LogP contribution in [0, 0.1) is 11.3 Å². The molecule has 3 rings (SSSR count). The molecule has 6 nitrogen and oxygen atoms in total. The first-order valence-electron chi connectivity index (χ1n) is 7.66. The van der Waals surface area contributed by atoms with Crippen LogP contribution in [0.15, 0.2) is 52.7 Å². The molecule has 1 saturated heterocycles. The molecule has 1 aromatic heterocycles. The van der Waals surface area contributed by atoms with Crippen LogP contribution < -0.4 is 10.2 Å². The number of morpholine rings is 1. The van der Waals surface area contributed by atoms with Gasteiger partial charge in [0.25, 0.3) is 5.91 Å². The van der Waals surface area contributed by atoms with E-state index < -0.39 is 5.91 Å². The van der Waals surface area contributed by atoms with Gasteiger partial charge in [-0.15, -0.1) is 0 Å². The number of carbonyl (C=O) groups excluding carboxylic acids is 1. The van der Waals surface area contributed by atoms with Crippen LogP contribution in [0.2, 0.25) is 0 Å². The average Bonchev–Trinajstić information content (AvgIpc) is 3.14. The molecule has 1 aliphatic rings. The van der Waals surface area contributed by atoms with Crippen molar-refractivity contribution in [1.82, 2.24) is 0 Å². The van der Waals surface area contributed by atoms with Crippen LogP contribution in [0.1, 0.15) is 5.76 Å². The minimum atomic E-state index is -0.465. The van der Waals surface area contributed by atoms with E-state index in [0.717, 1.165) is 32.0 Å². The van der Waals surface area contributed by atoms with Gasteiger partial charge in [-0.3, -0.25) is 4.79 Å². The van der Waals surface area contributed by atoms with E-state index in [-0.39, 0.29) is 5.57 Å². The fourth-order valence-corrected chi connectivity index (χ4v) is 2.44. The molecular formula is C18H17N3O3. The first kappa shape index (κ1) is 15.8. The lowest BCUT2D eigenvalue weighted by Crippen LogP contribution is -2.36. The lowest BCUT2D eigenvalue weighted by atomic mass is 10.2. The van der Waals surface area contributed by atoms with Gasteiger partial charge in [-0.05, 0) is 36.4 Å². The number of hydrogen-bond donors (Lipinski definition) is 1. The van der Waals surface area contributed by atoms with Crippen LogP contribution >= 0.6 is 0 Å². The van der Waals surface area contributed by atoms with E-state index in [0.29, 0.717) is 11.4 Å². The molecule has 24 heavy (non-hydrogen) atoms. The fraction of sp³-hybridized carbons (Fsp3) is 0.222. The first-order valence-corrected chi connectivity index (χ1v) is 7.66. The zero-order chi connectivity index (χ0) is 16.8. The Morgan fingerprint density at radius 3 is 2.58 bits per heavy atom. The third-order valence-electron chi connectivity index (χ3n) is 3.70. The normalized spacial score (nSPS) is 15.0. The largest absolute Gasteiger partial charge is 0.465 e. The van der Waals surface area contributed by atoms with Gasteiger partial charge in [0.15, 0.2) is 0 Å². The van der Waals surface area contributed by atoms with Crippen molar-refractivity contribution in [2.75, 3.05) is 36.5 Å². The molecule has 1 N–H and O–H groups in total. The van der Waals surface area contributed by atoms with Crippen LogP contribution in [-0.4, -0.2) is 32.2 Å². The third kappa shape index (κ3) is 3.83. The average molecular weight is 323 g/mol. The molecule has 2 aromatic rings. The van der Waals surface area contributed by atoms with Gasteiger partial charge in [-0.25, -0.2) is 0 Å². The zero-order valence-corrected chi connectivity index (χ0v) is 13.1. The molecule has 2 heterocycles. The molecule has 0 radical (unpaired) electrons. The summed E-state index contributed by atoms with van der Waals surface area (Å²) >= 11 is 0. The van der Waals surface area contributed by atoms with E-state index in [1.165, 1.54) is 12.3 Å². The molecule has 1 fully saturated rings. The number of furan rings is 1. The second kappa shape index (κ2) is 7.49. The van der Waals surface area contributed by atoms with Crippen molar-refractivity contribution >= 4 is 23.4 Å². The summed E-state index contributed by atoms with van der Waals surface area (Å²) in [7, 11) is 0. The number of nitrogens with one attached hydrogen (secondary N) is 1. The monoisotopic (exact) mass is 323 g/mol. The highest BCUT2D eigenvalue weighted by Crippen LogP contribution is 2.19. The predicted molar refractivity (Wildman–Crippen MR) is 90.4 cm³/mol. The Kier molecular flexibility index (Phi) is 4.94. The number of ether oxygens (including phenoxy) is 1. The van der Waals surface area contributed by atoms with Crippen molar-refractivity contribution in [3.63, 3.8) is 0 Å². The SMILES string of the molecule is N#CC(=Cc1ccco1)C(=O)Nc1ccc(N2CCOCC2)cc1. The molecule has 6 heteroatoms. The Morgan fingerprint density at radius 2 is 1.96 bits per heavy atom. The van der Waals surface area contributed by atoms with E-state index in [1.54, 1.807) is 12.1 Å². The summed E-state index contributed by atoms with van der Waals surface area (Å²) in [6.45, 7) is 3.16. The number of hydrogen-bond acceptors (Lipinski definition) is 5. The Morgan fingerprint density at radius 1 is 1.21 bits per heavy atom. The van der Waals surface area contributed by atoms with Crippen molar-refractivity contribution in [2.45, 2.75) is 0 Å². The van der Waals surface area contributed by atoms with Gasteiger partial charge in [-0.2, -0.15) is 5.26 Å². The Labute approximate surface area is 139 Å². The highest BCUT2D eigenvalue weighted by Gasteiger charge is 2.13. The summed E-state index contributed by atoms with van der Waals surface area (Å²) in [5.41, 5.74) is 1.71. The maximum absolute atomic E-state index is 12.2. The van der Waals surface area contributed by atoms with Crippen LogP contribution in [0.4, 0.5) is 11.4 Å². The lowest BCUT2D eigenvalue weighted by molar-refractivity contribution is -0.112. The highest BCUT2D eigenvalue weighted by molar-refractivity contribution is 6.09. The molecule has 0 atom stereocenters. The Balaban J connectivity index is 1.66. The summed E-state index contributed by atoms with van der Waals surface area (Å²) in [5.74, 6) is -0.00242. The smallest absolute Gasteiger partial charge is 0.266 e. The third-order valence-corrected chi connectivity index (χ3v) is 3.70. The van der Waals surface area contributed by atoms with Gasteiger partial charge in [0, 0.05) is 30.5 Å². The van der Waals surface area contributed by atoms with E-state index in [9.17, 15) is 4.79 Å². The molecule has 1 amide bonds. The molecule has 1 aromatic carbocycles. The maximum atomic E-state index is 12.2. The van der Waals surface area contributed by atoms with Gasteiger partial charge < -0.3 is 19.4 Å². The van der Waals surface area contributed by atoms with E-state index in [1.807, 2.05) is 30.3 Å². The summed E-state index contributed by atoms with van der Waals surface area (Å²) in [6.07, 6.45) is 2.90. The summed E-state index contributed by atoms with van der Waals surface area (Å²) in [5, 5.41) is 11.9. The topological polar surface area (TPSA) is 78.5 Å². The van der Waals surface area contributed by atoms with Crippen LogP contribution in [0.5, 0.6) is 0 Å². The fourth-order valence-electron chi connectivity index (χ4n) is 2.44. The van der Waals surface area contributed by atoms with Crippen molar-refractivity contribution < 1.29 is 13.9 Å². The Hall–Kier alpha value is -3.04. The Bertz CT molecular complexity index is 752. The number of anilines is 2. The standard InChI is InChI=1S/C18H17N3O3/c19-13-14(12-17-2-1-9-24-17)18(22)20-15-3-5-16(6-4-15)21-7-10-23-11-8-21/h1-6,9,12H,7-8,10-11H2,(H,20,22). The van der Waals surface area contributed by atoms with Gasteiger partial charge in [-0.1, -0.05) is 0 Å². The number of benzene rings is 1. The van der Waals surface area contributed by atoms with Crippen molar-refractivity contribution in [3.8, 4) is 6.07 Å². The maximum Gasteiger partial charge on any atom is 0.266 e. The zero-order valence-electron chi connectivity index (χ0n) is 13.1. The second-order valence-electron chi connectivity index (χ2n) is 5.29. The van der Waals surface area contributed by atoms with Crippen LogP contribution in [-0.2, 0) is 9.53 Å². The van der Waals surface area contributed by atoms with Gasteiger partial charge in [0.2, 0.25) is 0 Å².